The summed E-state index contributed by atoms with van der Waals surface area (Å²) in [6.07, 6.45) is 0.0490. The van der Waals surface area contributed by atoms with Gasteiger partial charge in [0.1, 0.15) is 5.82 Å². The number of β-amino-alcohol motifs (C(OH)–C–C–N with tert-alkyl or cyclic N) is 1. The molecule has 1 aliphatic heterocycles. The molecule has 1 heterocycles. The zero-order valence-corrected chi connectivity index (χ0v) is 14.2. The molecule has 0 bridgehead atoms. The maximum atomic E-state index is 13.1. The van der Waals surface area contributed by atoms with Gasteiger partial charge in [0.05, 0.1) is 13.2 Å². The predicted octanol–water partition coefficient (Wildman–Crippen LogP) is -0.356. The topological polar surface area (TPSA) is 90.1 Å². The fourth-order valence-electron chi connectivity index (χ4n) is 2.83. The van der Waals surface area contributed by atoms with Gasteiger partial charge in [-0.05, 0) is 24.3 Å². The summed E-state index contributed by atoms with van der Waals surface area (Å²) in [7, 11) is 0. The molecule has 138 valence electrons. The quantitative estimate of drug-likeness (QED) is 0.667. The summed E-state index contributed by atoms with van der Waals surface area (Å²) in [5, 5.41) is 8.97. The lowest BCUT2D eigenvalue weighted by atomic mass is 10.2. The predicted molar refractivity (Wildman–Crippen MR) is 92.5 cm³/mol. The van der Waals surface area contributed by atoms with Crippen molar-refractivity contribution in [2.45, 2.75) is 6.42 Å². The maximum absolute atomic E-state index is 13.1. The summed E-state index contributed by atoms with van der Waals surface area (Å²) in [5.41, 5.74) is 5.75. The number of anilines is 1. The number of halogens is 1. The van der Waals surface area contributed by atoms with Crippen molar-refractivity contribution in [1.82, 2.24) is 9.80 Å². The molecule has 0 spiro atoms. The van der Waals surface area contributed by atoms with Crippen LogP contribution in [0.15, 0.2) is 24.3 Å². The Morgan fingerprint density at radius 3 is 2.28 bits per heavy atom. The van der Waals surface area contributed by atoms with Gasteiger partial charge in [-0.3, -0.25) is 19.4 Å². The lowest BCUT2D eigenvalue weighted by molar-refractivity contribution is -0.120. The molecular weight excluding hydrogens is 327 g/mol. The Balaban J connectivity index is 1.97. The van der Waals surface area contributed by atoms with Gasteiger partial charge >= 0.3 is 0 Å². The molecule has 1 fully saturated rings. The van der Waals surface area contributed by atoms with E-state index in [9.17, 15) is 14.0 Å². The van der Waals surface area contributed by atoms with E-state index < -0.39 is 5.91 Å². The maximum Gasteiger partial charge on any atom is 0.241 e. The van der Waals surface area contributed by atoms with Crippen molar-refractivity contribution in [2.75, 3.05) is 57.3 Å². The number of nitrogens with two attached hydrogens (primary N) is 1. The first-order chi connectivity index (χ1) is 12.0. The minimum absolute atomic E-state index is 0.0490. The first-order valence-corrected chi connectivity index (χ1v) is 8.39. The number of aliphatic hydroxyl groups excluding tert-OH is 1. The fraction of sp³-hybridized carbons (Fsp3) is 0.529. The van der Waals surface area contributed by atoms with Crippen molar-refractivity contribution in [3.05, 3.63) is 30.1 Å². The summed E-state index contributed by atoms with van der Waals surface area (Å²) in [5.74, 6) is -1.02. The van der Waals surface area contributed by atoms with Crippen LogP contribution < -0.4 is 10.6 Å². The Labute approximate surface area is 146 Å². The van der Waals surface area contributed by atoms with Crippen LogP contribution in [0.2, 0.25) is 0 Å². The number of aliphatic hydroxyl groups is 1. The number of benzene rings is 1. The van der Waals surface area contributed by atoms with Crippen molar-refractivity contribution >= 4 is 17.5 Å². The monoisotopic (exact) mass is 352 g/mol. The highest BCUT2D eigenvalue weighted by molar-refractivity contribution is 5.95. The standard InChI is InChI=1S/C17H25FN4O3/c18-14-1-3-15(4-2-14)22(6-5-16(19)24)17(25)13-21-9-7-20(8-10-21)11-12-23/h1-4,23H,5-13H2,(H2,19,24). The van der Waals surface area contributed by atoms with Crippen LogP contribution in [0, 0.1) is 5.82 Å². The van der Waals surface area contributed by atoms with Crippen molar-refractivity contribution < 1.29 is 19.1 Å². The number of amides is 2. The third kappa shape index (κ3) is 6.08. The minimum Gasteiger partial charge on any atom is -0.395 e. The van der Waals surface area contributed by atoms with E-state index in [4.69, 9.17) is 10.8 Å². The van der Waals surface area contributed by atoms with Gasteiger partial charge in [-0.25, -0.2) is 4.39 Å². The van der Waals surface area contributed by atoms with Crippen LogP contribution in [0.4, 0.5) is 10.1 Å². The van der Waals surface area contributed by atoms with Crippen molar-refractivity contribution in [3.63, 3.8) is 0 Å². The zero-order chi connectivity index (χ0) is 18.2. The molecule has 1 aromatic carbocycles. The number of nitrogens with zero attached hydrogens (tertiary/aromatic N) is 3. The summed E-state index contributed by atoms with van der Waals surface area (Å²) < 4.78 is 13.1. The van der Waals surface area contributed by atoms with Gasteiger partial charge in [-0.15, -0.1) is 0 Å². The first kappa shape index (κ1) is 19.3. The third-order valence-electron chi connectivity index (χ3n) is 4.26. The lowest BCUT2D eigenvalue weighted by Crippen LogP contribution is -2.50. The average Bonchev–Trinajstić information content (AvgIpc) is 2.58. The number of primary amides is 1. The molecule has 0 aliphatic carbocycles. The molecule has 25 heavy (non-hydrogen) atoms. The summed E-state index contributed by atoms with van der Waals surface area (Å²) >= 11 is 0. The van der Waals surface area contributed by atoms with E-state index in [2.05, 4.69) is 4.90 Å². The van der Waals surface area contributed by atoms with E-state index in [0.717, 1.165) is 26.2 Å². The fourth-order valence-corrected chi connectivity index (χ4v) is 2.83. The van der Waals surface area contributed by atoms with E-state index >= 15 is 0 Å². The normalized spacial score (nSPS) is 15.9. The summed E-state index contributed by atoms with van der Waals surface area (Å²) in [6, 6.07) is 5.61. The Hall–Kier alpha value is -2.03. The Morgan fingerprint density at radius 2 is 1.72 bits per heavy atom. The van der Waals surface area contributed by atoms with Crippen LogP contribution in [-0.4, -0.2) is 79.1 Å². The molecule has 7 nitrogen and oxygen atoms in total. The summed E-state index contributed by atoms with van der Waals surface area (Å²) in [6.45, 7) is 4.23. The number of hydrogen-bond donors (Lipinski definition) is 2. The van der Waals surface area contributed by atoms with Gasteiger partial charge in [0.25, 0.3) is 0 Å². The molecule has 1 aromatic rings. The first-order valence-electron chi connectivity index (χ1n) is 8.39. The van der Waals surface area contributed by atoms with Crippen molar-refractivity contribution in [3.8, 4) is 0 Å². The number of piperazine rings is 1. The Bertz CT molecular complexity index is 574. The number of carbonyl (C=O) groups is 2. The van der Waals surface area contributed by atoms with Crippen LogP contribution >= 0.6 is 0 Å². The minimum atomic E-state index is -0.488. The van der Waals surface area contributed by atoms with Gasteiger partial charge < -0.3 is 15.7 Å². The zero-order valence-electron chi connectivity index (χ0n) is 14.2. The lowest BCUT2D eigenvalue weighted by Gasteiger charge is -2.35. The number of carbonyl (C=O) groups excluding carboxylic acids is 2. The van der Waals surface area contributed by atoms with Crippen LogP contribution in [0.3, 0.4) is 0 Å². The van der Waals surface area contributed by atoms with E-state index in [1.54, 1.807) is 0 Å². The van der Waals surface area contributed by atoms with E-state index in [1.807, 2.05) is 4.90 Å². The highest BCUT2D eigenvalue weighted by Crippen LogP contribution is 2.16. The Kier molecular flexibility index (Phi) is 7.30. The molecule has 0 atom stereocenters. The van der Waals surface area contributed by atoms with Crippen molar-refractivity contribution in [1.29, 1.82) is 0 Å². The molecule has 1 saturated heterocycles. The van der Waals surface area contributed by atoms with Gasteiger partial charge in [-0.1, -0.05) is 0 Å². The van der Waals surface area contributed by atoms with Gasteiger partial charge in [-0.2, -0.15) is 0 Å². The molecule has 3 N–H and O–H groups in total. The molecule has 8 heteroatoms. The van der Waals surface area contributed by atoms with E-state index in [-0.39, 0.29) is 37.8 Å². The van der Waals surface area contributed by atoms with Gasteiger partial charge in [0.15, 0.2) is 0 Å². The molecule has 1 aliphatic rings. The highest BCUT2D eigenvalue weighted by Gasteiger charge is 2.22. The Morgan fingerprint density at radius 1 is 1.12 bits per heavy atom. The second-order valence-electron chi connectivity index (χ2n) is 6.08. The molecule has 2 rings (SSSR count). The SMILES string of the molecule is NC(=O)CCN(C(=O)CN1CCN(CCO)CC1)c1ccc(F)cc1. The summed E-state index contributed by atoms with van der Waals surface area (Å²) in [4.78, 5) is 29.4. The second kappa shape index (κ2) is 9.45. The van der Waals surface area contributed by atoms with E-state index in [1.165, 1.54) is 29.2 Å². The second-order valence-corrected chi connectivity index (χ2v) is 6.08. The van der Waals surface area contributed by atoms with Crippen molar-refractivity contribution in [2.24, 2.45) is 5.73 Å². The largest absolute Gasteiger partial charge is 0.395 e. The molecule has 0 aromatic heterocycles. The van der Waals surface area contributed by atoms with Crippen LogP contribution in [0.25, 0.3) is 0 Å². The molecule has 2 amide bonds. The van der Waals surface area contributed by atoms with Crippen LogP contribution in [0.1, 0.15) is 6.42 Å². The van der Waals surface area contributed by atoms with E-state index in [0.29, 0.717) is 12.2 Å². The van der Waals surface area contributed by atoms with Gasteiger partial charge in [0.2, 0.25) is 11.8 Å². The average molecular weight is 352 g/mol. The number of hydrogen-bond acceptors (Lipinski definition) is 5. The molecular formula is C17H25FN4O3. The van der Waals surface area contributed by atoms with Gasteiger partial charge in [0, 0.05) is 51.4 Å². The third-order valence-corrected chi connectivity index (χ3v) is 4.26. The van der Waals surface area contributed by atoms with Crippen LogP contribution in [-0.2, 0) is 9.59 Å². The number of rotatable bonds is 8. The highest BCUT2D eigenvalue weighted by atomic mass is 19.1. The van der Waals surface area contributed by atoms with Crippen LogP contribution in [0.5, 0.6) is 0 Å². The molecule has 0 saturated carbocycles. The molecule has 0 radical (unpaired) electrons. The molecule has 0 unspecified atom stereocenters. The smallest absolute Gasteiger partial charge is 0.241 e.